The van der Waals surface area contributed by atoms with Gasteiger partial charge in [0.15, 0.2) is 0 Å². The summed E-state index contributed by atoms with van der Waals surface area (Å²) in [7, 11) is 0. The van der Waals surface area contributed by atoms with E-state index in [0.29, 0.717) is 29.1 Å². The summed E-state index contributed by atoms with van der Waals surface area (Å²) in [6.07, 6.45) is 1.90. The SMILES string of the molecule is Cc1[nH]c(=O)c(C#N)c(C)c1CCC(=O)Oc1cccc(-n2cnnn2)c1. The minimum Gasteiger partial charge on any atom is -0.426 e. The number of tetrazole rings is 1. The lowest BCUT2D eigenvalue weighted by atomic mass is 9.99. The van der Waals surface area contributed by atoms with E-state index < -0.39 is 11.5 Å². The molecule has 1 aromatic carbocycles. The fourth-order valence-electron chi connectivity index (χ4n) is 2.80. The molecule has 1 N–H and O–H groups in total. The van der Waals surface area contributed by atoms with Crippen molar-refractivity contribution in [2.24, 2.45) is 0 Å². The minimum absolute atomic E-state index is 0.0677. The molecule has 3 aromatic rings. The average Bonchev–Trinajstić information content (AvgIpc) is 3.16. The number of aryl methyl sites for hydroxylation is 1. The van der Waals surface area contributed by atoms with Gasteiger partial charge in [0.1, 0.15) is 23.7 Å². The van der Waals surface area contributed by atoms with Crippen molar-refractivity contribution in [3.8, 4) is 17.5 Å². The average molecular weight is 364 g/mol. The molecule has 0 atom stereocenters. The van der Waals surface area contributed by atoms with Gasteiger partial charge in [-0.2, -0.15) is 5.26 Å². The van der Waals surface area contributed by atoms with Crippen LogP contribution in [0.1, 0.15) is 28.8 Å². The lowest BCUT2D eigenvalue weighted by Gasteiger charge is -2.11. The Bertz CT molecular complexity index is 1080. The Hall–Kier alpha value is -3.80. The number of hydrogen-bond acceptors (Lipinski definition) is 7. The smallest absolute Gasteiger partial charge is 0.311 e. The molecule has 0 aliphatic rings. The molecule has 9 nitrogen and oxygen atoms in total. The van der Waals surface area contributed by atoms with Crippen molar-refractivity contribution in [3.05, 3.63) is 63.3 Å². The molecule has 2 aromatic heterocycles. The van der Waals surface area contributed by atoms with Gasteiger partial charge in [-0.1, -0.05) is 6.07 Å². The zero-order valence-electron chi connectivity index (χ0n) is 14.8. The number of nitrogens with one attached hydrogen (secondary N) is 1. The van der Waals surface area contributed by atoms with Crippen LogP contribution in [0.25, 0.3) is 5.69 Å². The van der Waals surface area contributed by atoms with Crippen LogP contribution in [0.4, 0.5) is 0 Å². The van der Waals surface area contributed by atoms with Crippen LogP contribution in [0.15, 0.2) is 35.4 Å². The van der Waals surface area contributed by atoms with Gasteiger partial charge < -0.3 is 9.72 Å². The summed E-state index contributed by atoms with van der Waals surface area (Å²) in [5.41, 5.74) is 2.32. The maximum Gasteiger partial charge on any atom is 0.311 e. The normalized spacial score (nSPS) is 10.4. The Kier molecular flexibility index (Phi) is 5.08. The highest BCUT2D eigenvalue weighted by Gasteiger charge is 2.14. The van der Waals surface area contributed by atoms with E-state index in [2.05, 4.69) is 20.5 Å². The van der Waals surface area contributed by atoms with Crippen LogP contribution in [-0.2, 0) is 11.2 Å². The summed E-state index contributed by atoms with van der Waals surface area (Å²) >= 11 is 0. The molecule has 27 heavy (non-hydrogen) atoms. The van der Waals surface area contributed by atoms with Crippen molar-refractivity contribution in [1.29, 1.82) is 5.26 Å². The fraction of sp³-hybridized carbons (Fsp3) is 0.222. The largest absolute Gasteiger partial charge is 0.426 e. The van der Waals surface area contributed by atoms with E-state index >= 15 is 0 Å². The number of carbonyl (C=O) groups excluding carboxylic acids is 1. The molecule has 0 unspecified atom stereocenters. The first-order valence-corrected chi connectivity index (χ1v) is 8.16. The molecule has 0 fully saturated rings. The number of carbonyl (C=O) groups is 1. The summed E-state index contributed by atoms with van der Waals surface area (Å²) in [5.74, 6) is -0.0481. The predicted octanol–water partition coefficient (Wildman–Crippen LogP) is 1.38. The second kappa shape index (κ2) is 7.61. The minimum atomic E-state index is -0.424. The Morgan fingerprint density at radius 1 is 1.37 bits per heavy atom. The summed E-state index contributed by atoms with van der Waals surface area (Å²) in [5, 5.41) is 20.0. The van der Waals surface area contributed by atoms with E-state index in [1.165, 1.54) is 11.0 Å². The Morgan fingerprint density at radius 3 is 2.89 bits per heavy atom. The van der Waals surface area contributed by atoms with E-state index in [-0.39, 0.29) is 12.0 Å². The van der Waals surface area contributed by atoms with E-state index in [4.69, 9.17) is 10.00 Å². The van der Waals surface area contributed by atoms with Gasteiger partial charge in [0, 0.05) is 11.8 Å². The quantitative estimate of drug-likeness (QED) is 0.535. The number of nitriles is 1. The van der Waals surface area contributed by atoms with Crippen molar-refractivity contribution in [2.45, 2.75) is 26.7 Å². The van der Waals surface area contributed by atoms with Crippen molar-refractivity contribution in [1.82, 2.24) is 25.2 Å². The van der Waals surface area contributed by atoms with Crippen LogP contribution in [0.3, 0.4) is 0 Å². The zero-order valence-corrected chi connectivity index (χ0v) is 14.8. The molecule has 0 aliphatic carbocycles. The molecule has 0 radical (unpaired) electrons. The molecule has 9 heteroatoms. The van der Waals surface area contributed by atoms with Gasteiger partial charge in [-0.15, -0.1) is 5.10 Å². The van der Waals surface area contributed by atoms with Gasteiger partial charge in [-0.3, -0.25) is 9.59 Å². The second-order valence-electron chi connectivity index (χ2n) is 5.90. The van der Waals surface area contributed by atoms with Crippen molar-refractivity contribution in [3.63, 3.8) is 0 Å². The lowest BCUT2D eigenvalue weighted by molar-refractivity contribution is -0.134. The first kappa shape index (κ1) is 18.0. The monoisotopic (exact) mass is 364 g/mol. The van der Waals surface area contributed by atoms with E-state index in [9.17, 15) is 9.59 Å². The number of ether oxygens (including phenoxy) is 1. The summed E-state index contributed by atoms with van der Waals surface area (Å²) in [6.45, 7) is 3.45. The third kappa shape index (κ3) is 3.90. The van der Waals surface area contributed by atoms with Crippen molar-refractivity contribution in [2.75, 3.05) is 0 Å². The number of H-pyrrole nitrogens is 1. The van der Waals surface area contributed by atoms with Crippen molar-refractivity contribution >= 4 is 5.97 Å². The van der Waals surface area contributed by atoms with Gasteiger partial charge in [-0.25, -0.2) is 4.68 Å². The highest BCUT2D eigenvalue weighted by Crippen LogP contribution is 2.18. The highest BCUT2D eigenvalue weighted by molar-refractivity contribution is 5.73. The van der Waals surface area contributed by atoms with Crippen LogP contribution < -0.4 is 10.3 Å². The molecule has 0 bridgehead atoms. The Balaban J connectivity index is 1.70. The second-order valence-corrected chi connectivity index (χ2v) is 5.90. The van der Waals surface area contributed by atoms with Gasteiger partial charge in [0.25, 0.3) is 5.56 Å². The van der Waals surface area contributed by atoms with Crippen LogP contribution in [0, 0.1) is 25.2 Å². The molecule has 0 amide bonds. The highest BCUT2D eigenvalue weighted by atomic mass is 16.5. The van der Waals surface area contributed by atoms with Crippen LogP contribution in [-0.4, -0.2) is 31.2 Å². The molecule has 0 saturated heterocycles. The lowest BCUT2D eigenvalue weighted by Crippen LogP contribution is -2.18. The third-order valence-electron chi connectivity index (χ3n) is 4.16. The Morgan fingerprint density at radius 2 is 2.19 bits per heavy atom. The zero-order chi connectivity index (χ0) is 19.4. The summed E-state index contributed by atoms with van der Waals surface area (Å²) < 4.78 is 6.83. The van der Waals surface area contributed by atoms with Crippen LogP contribution in [0.2, 0.25) is 0 Å². The molecular formula is C18H16N6O3. The van der Waals surface area contributed by atoms with E-state index in [1.807, 2.05) is 6.07 Å². The topological polar surface area (TPSA) is 127 Å². The molecule has 3 rings (SSSR count). The Labute approximate surface area is 154 Å². The van der Waals surface area contributed by atoms with Gasteiger partial charge in [0.05, 0.1) is 12.1 Å². The van der Waals surface area contributed by atoms with Crippen LogP contribution >= 0.6 is 0 Å². The molecule has 0 spiro atoms. The summed E-state index contributed by atoms with van der Waals surface area (Å²) in [4.78, 5) is 26.6. The summed E-state index contributed by atoms with van der Waals surface area (Å²) in [6, 6.07) is 8.73. The van der Waals surface area contributed by atoms with Crippen LogP contribution in [0.5, 0.6) is 5.75 Å². The van der Waals surface area contributed by atoms with E-state index in [1.54, 1.807) is 38.1 Å². The number of pyridine rings is 1. The fourth-order valence-corrected chi connectivity index (χ4v) is 2.80. The number of benzene rings is 1. The standard InChI is InChI=1S/C18H16N6O3/c1-11-15(12(2)21-18(26)16(11)9-19)6-7-17(25)27-14-5-3-4-13(8-14)24-10-20-22-23-24/h3-5,8,10H,6-7H2,1-2H3,(H,21,26). The molecule has 0 saturated carbocycles. The molecule has 136 valence electrons. The predicted molar refractivity (Wildman–Crippen MR) is 94.4 cm³/mol. The third-order valence-corrected chi connectivity index (χ3v) is 4.16. The number of aromatic amines is 1. The number of esters is 1. The molecule has 0 aliphatic heterocycles. The number of nitrogens with zero attached hydrogens (tertiary/aromatic N) is 5. The number of rotatable bonds is 5. The molecule has 2 heterocycles. The maximum atomic E-state index is 12.2. The number of hydrogen-bond donors (Lipinski definition) is 1. The van der Waals surface area contributed by atoms with Gasteiger partial charge >= 0.3 is 5.97 Å². The van der Waals surface area contributed by atoms with Gasteiger partial charge in [0.2, 0.25) is 0 Å². The maximum absolute atomic E-state index is 12.2. The van der Waals surface area contributed by atoms with Gasteiger partial charge in [-0.05, 0) is 54.0 Å². The number of aromatic nitrogens is 5. The van der Waals surface area contributed by atoms with E-state index in [0.717, 1.165) is 5.56 Å². The van der Waals surface area contributed by atoms with Crippen molar-refractivity contribution < 1.29 is 9.53 Å². The first-order valence-electron chi connectivity index (χ1n) is 8.16. The first-order chi connectivity index (χ1) is 13.0. The molecular weight excluding hydrogens is 348 g/mol.